The van der Waals surface area contributed by atoms with Crippen molar-refractivity contribution in [1.82, 2.24) is 4.90 Å². The number of amides is 1. The lowest BCUT2D eigenvalue weighted by Gasteiger charge is -2.38. The number of hydrogen-bond donors (Lipinski definition) is 1. The molecule has 1 N–H and O–H groups in total. The SMILES string of the molecule is CC1CCCC(N(C(=O)Oc2ccccc2O)C(C)C)C1. The number of nitrogens with zero attached hydrogens (tertiary/aromatic N) is 1. The molecule has 0 radical (unpaired) electrons. The Kier molecular flexibility index (Phi) is 5.10. The molecule has 2 unspecified atom stereocenters. The van der Waals surface area contributed by atoms with Gasteiger partial charge in [0, 0.05) is 12.1 Å². The fourth-order valence-corrected chi connectivity index (χ4v) is 3.13. The van der Waals surface area contributed by atoms with Crippen LogP contribution in [0.2, 0.25) is 0 Å². The van der Waals surface area contributed by atoms with E-state index >= 15 is 0 Å². The van der Waals surface area contributed by atoms with Gasteiger partial charge < -0.3 is 14.7 Å². The van der Waals surface area contributed by atoms with E-state index in [2.05, 4.69) is 6.92 Å². The van der Waals surface area contributed by atoms with Gasteiger partial charge in [0.05, 0.1) is 0 Å². The van der Waals surface area contributed by atoms with Crippen LogP contribution in [0.1, 0.15) is 46.5 Å². The lowest BCUT2D eigenvalue weighted by atomic mass is 9.86. The van der Waals surface area contributed by atoms with Crippen LogP contribution >= 0.6 is 0 Å². The fraction of sp³-hybridized carbons (Fsp3) is 0.588. The maximum Gasteiger partial charge on any atom is 0.415 e. The van der Waals surface area contributed by atoms with E-state index in [4.69, 9.17) is 4.74 Å². The minimum Gasteiger partial charge on any atom is -0.504 e. The van der Waals surface area contributed by atoms with E-state index in [0.29, 0.717) is 5.92 Å². The Bertz CT molecular complexity index is 487. The molecule has 1 aliphatic rings. The third-order valence-electron chi connectivity index (χ3n) is 4.13. The van der Waals surface area contributed by atoms with E-state index in [9.17, 15) is 9.90 Å². The summed E-state index contributed by atoms with van der Waals surface area (Å²) in [5, 5.41) is 9.74. The van der Waals surface area contributed by atoms with Crippen molar-refractivity contribution in [1.29, 1.82) is 0 Å². The number of phenols is 1. The van der Waals surface area contributed by atoms with Gasteiger partial charge in [-0.2, -0.15) is 0 Å². The van der Waals surface area contributed by atoms with Gasteiger partial charge in [-0.1, -0.05) is 31.9 Å². The minimum absolute atomic E-state index is 0.00781. The number of para-hydroxylation sites is 2. The Balaban J connectivity index is 2.11. The first-order valence-corrected chi connectivity index (χ1v) is 7.77. The Morgan fingerprint density at radius 2 is 2.05 bits per heavy atom. The summed E-state index contributed by atoms with van der Waals surface area (Å²) in [6.45, 7) is 6.25. The second-order valence-electron chi connectivity index (χ2n) is 6.26. The van der Waals surface area contributed by atoms with Crippen LogP contribution < -0.4 is 4.74 Å². The Hall–Kier alpha value is -1.71. The normalized spacial score (nSPS) is 22.1. The lowest BCUT2D eigenvalue weighted by molar-refractivity contribution is 0.0892. The highest BCUT2D eigenvalue weighted by atomic mass is 16.6. The van der Waals surface area contributed by atoms with Crippen LogP contribution in [-0.4, -0.2) is 28.2 Å². The summed E-state index contributed by atoms with van der Waals surface area (Å²) in [4.78, 5) is 14.3. The zero-order valence-electron chi connectivity index (χ0n) is 13.1. The fourth-order valence-electron chi connectivity index (χ4n) is 3.13. The van der Waals surface area contributed by atoms with Gasteiger partial charge >= 0.3 is 6.09 Å². The van der Waals surface area contributed by atoms with Gasteiger partial charge in [0.25, 0.3) is 0 Å². The van der Waals surface area contributed by atoms with E-state index < -0.39 is 0 Å². The van der Waals surface area contributed by atoms with E-state index in [0.717, 1.165) is 19.3 Å². The molecule has 0 spiro atoms. The van der Waals surface area contributed by atoms with Crippen molar-refractivity contribution in [3.8, 4) is 11.5 Å². The molecule has 2 atom stereocenters. The van der Waals surface area contributed by atoms with Crippen molar-refractivity contribution in [3.05, 3.63) is 24.3 Å². The predicted molar refractivity (Wildman–Crippen MR) is 82.5 cm³/mol. The van der Waals surface area contributed by atoms with Gasteiger partial charge in [-0.15, -0.1) is 0 Å². The van der Waals surface area contributed by atoms with Crippen molar-refractivity contribution in [3.63, 3.8) is 0 Å². The molecule has 0 saturated heterocycles. The predicted octanol–water partition coefficient (Wildman–Crippen LogP) is 4.18. The molecule has 4 heteroatoms. The van der Waals surface area contributed by atoms with E-state index in [-0.39, 0.29) is 29.7 Å². The third-order valence-corrected chi connectivity index (χ3v) is 4.13. The molecule has 21 heavy (non-hydrogen) atoms. The second kappa shape index (κ2) is 6.83. The number of hydrogen-bond acceptors (Lipinski definition) is 3. The maximum absolute atomic E-state index is 12.5. The monoisotopic (exact) mass is 291 g/mol. The summed E-state index contributed by atoms with van der Waals surface area (Å²) in [6, 6.07) is 6.88. The third kappa shape index (κ3) is 3.90. The van der Waals surface area contributed by atoms with Crippen LogP contribution in [-0.2, 0) is 0 Å². The summed E-state index contributed by atoms with van der Waals surface area (Å²) < 4.78 is 5.39. The molecule has 116 valence electrons. The zero-order valence-corrected chi connectivity index (χ0v) is 13.1. The molecule has 1 aromatic rings. The highest BCUT2D eigenvalue weighted by Gasteiger charge is 2.31. The van der Waals surface area contributed by atoms with Crippen LogP contribution in [0.15, 0.2) is 24.3 Å². The first-order valence-electron chi connectivity index (χ1n) is 7.77. The van der Waals surface area contributed by atoms with Crippen molar-refractivity contribution in [2.75, 3.05) is 0 Å². The molecule has 0 bridgehead atoms. The molecule has 2 rings (SSSR count). The summed E-state index contributed by atoms with van der Waals surface area (Å²) in [7, 11) is 0. The highest BCUT2D eigenvalue weighted by Crippen LogP contribution is 2.30. The van der Waals surface area contributed by atoms with E-state index in [1.807, 2.05) is 18.7 Å². The molecule has 1 aromatic carbocycles. The average molecular weight is 291 g/mol. The first-order chi connectivity index (χ1) is 9.99. The van der Waals surface area contributed by atoms with Crippen LogP contribution in [0.25, 0.3) is 0 Å². The summed E-state index contributed by atoms with van der Waals surface area (Å²) in [5.41, 5.74) is 0. The highest BCUT2D eigenvalue weighted by molar-refractivity contribution is 5.72. The van der Waals surface area contributed by atoms with Crippen molar-refractivity contribution < 1.29 is 14.6 Å². The second-order valence-corrected chi connectivity index (χ2v) is 6.26. The minimum atomic E-state index is -0.370. The molecular weight excluding hydrogens is 266 g/mol. The van der Waals surface area contributed by atoms with Gasteiger partial charge in [0.1, 0.15) is 0 Å². The molecule has 0 aliphatic heterocycles. The number of benzene rings is 1. The van der Waals surface area contributed by atoms with Crippen LogP contribution in [0, 0.1) is 5.92 Å². The maximum atomic E-state index is 12.5. The summed E-state index contributed by atoms with van der Waals surface area (Å²) in [5.74, 6) is 0.853. The summed E-state index contributed by atoms with van der Waals surface area (Å²) in [6.07, 6.45) is 4.06. The average Bonchev–Trinajstić information content (AvgIpc) is 2.41. The van der Waals surface area contributed by atoms with Gasteiger partial charge in [-0.3, -0.25) is 0 Å². The molecule has 1 aliphatic carbocycles. The van der Waals surface area contributed by atoms with Gasteiger partial charge in [0.2, 0.25) is 0 Å². The van der Waals surface area contributed by atoms with Crippen LogP contribution in [0.3, 0.4) is 0 Å². The Morgan fingerprint density at radius 1 is 1.33 bits per heavy atom. The van der Waals surface area contributed by atoms with Crippen molar-refractivity contribution in [2.45, 2.75) is 58.5 Å². The molecule has 1 fully saturated rings. The topological polar surface area (TPSA) is 49.8 Å². The summed E-state index contributed by atoms with van der Waals surface area (Å²) >= 11 is 0. The number of ether oxygens (including phenoxy) is 1. The van der Waals surface area contributed by atoms with E-state index in [1.165, 1.54) is 12.5 Å². The molecule has 0 aromatic heterocycles. The van der Waals surface area contributed by atoms with Crippen LogP contribution in [0.4, 0.5) is 4.79 Å². The molecule has 4 nitrogen and oxygen atoms in total. The number of rotatable bonds is 3. The Labute approximate surface area is 126 Å². The number of carbonyl (C=O) groups is 1. The van der Waals surface area contributed by atoms with Crippen molar-refractivity contribution in [2.24, 2.45) is 5.92 Å². The van der Waals surface area contributed by atoms with Crippen LogP contribution in [0.5, 0.6) is 11.5 Å². The molecule has 1 saturated carbocycles. The standard InChI is InChI=1S/C17H25NO3/c1-12(2)18(14-8-6-7-13(3)11-14)17(20)21-16-10-5-4-9-15(16)19/h4-5,9-10,12-14,19H,6-8,11H2,1-3H3. The van der Waals surface area contributed by atoms with E-state index in [1.54, 1.807) is 18.2 Å². The number of phenolic OH excluding ortho intramolecular Hbond substituents is 1. The number of carbonyl (C=O) groups excluding carboxylic acids is 1. The quantitative estimate of drug-likeness (QED) is 0.908. The number of aromatic hydroxyl groups is 1. The Morgan fingerprint density at radius 3 is 2.67 bits per heavy atom. The first kappa shape index (κ1) is 15.7. The lowest BCUT2D eigenvalue weighted by Crippen LogP contribution is -2.48. The smallest absolute Gasteiger partial charge is 0.415 e. The van der Waals surface area contributed by atoms with Gasteiger partial charge in [-0.25, -0.2) is 4.79 Å². The molecular formula is C17H25NO3. The molecule has 1 amide bonds. The molecule has 0 heterocycles. The largest absolute Gasteiger partial charge is 0.504 e. The zero-order chi connectivity index (χ0) is 15.4. The van der Waals surface area contributed by atoms with Gasteiger partial charge in [-0.05, 0) is 44.7 Å². The van der Waals surface area contributed by atoms with Gasteiger partial charge in [0.15, 0.2) is 11.5 Å². The van der Waals surface area contributed by atoms with Crippen molar-refractivity contribution >= 4 is 6.09 Å².